The Bertz CT molecular complexity index is 1860. The van der Waals surface area contributed by atoms with Crippen molar-refractivity contribution in [1.82, 2.24) is 4.57 Å². The second-order valence-corrected chi connectivity index (χ2v) is 11.3. The number of halogens is 2. The molecule has 0 saturated heterocycles. The number of hydrogen-bond acceptors (Lipinski definition) is 12. The number of ether oxygens (including phenoxy) is 6. The molecule has 0 bridgehead atoms. The molecule has 2 aromatic carbocycles. The maximum atomic E-state index is 14.0. The smallest absolute Gasteiger partial charge is 0.343 e. The van der Waals surface area contributed by atoms with Crippen LogP contribution >= 0.6 is 34.5 Å². The highest BCUT2D eigenvalue weighted by atomic mass is 35.5. The number of rotatable bonds is 12. The van der Waals surface area contributed by atoms with Gasteiger partial charge < -0.3 is 28.4 Å². The van der Waals surface area contributed by atoms with E-state index < -0.39 is 29.5 Å². The number of carbonyl (C=O) groups is 3. The molecule has 46 heavy (non-hydrogen) atoms. The zero-order valence-electron chi connectivity index (χ0n) is 25.5. The fraction of sp³-hybridized carbons (Fsp3) is 0.323. The van der Waals surface area contributed by atoms with Crippen LogP contribution in [0.4, 0.5) is 0 Å². The normalized spacial score (nSPS) is 14.2. The molecule has 15 heteroatoms. The summed E-state index contributed by atoms with van der Waals surface area (Å²) in [5.74, 6) is -1.16. The molecule has 0 N–H and O–H groups in total. The van der Waals surface area contributed by atoms with Crippen molar-refractivity contribution in [3.05, 3.63) is 82.5 Å². The quantitative estimate of drug-likeness (QED) is 0.204. The lowest BCUT2D eigenvalue weighted by Crippen LogP contribution is -2.40. The predicted molar refractivity (Wildman–Crippen MR) is 169 cm³/mol. The van der Waals surface area contributed by atoms with Gasteiger partial charge >= 0.3 is 17.9 Å². The van der Waals surface area contributed by atoms with Crippen molar-refractivity contribution in [3.63, 3.8) is 0 Å². The molecule has 3 aromatic rings. The van der Waals surface area contributed by atoms with Gasteiger partial charge in [0.05, 0.1) is 59.3 Å². The van der Waals surface area contributed by atoms with E-state index in [1.54, 1.807) is 45.0 Å². The van der Waals surface area contributed by atoms with Gasteiger partial charge in [0.2, 0.25) is 0 Å². The summed E-state index contributed by atoms with van der Waals surface area (Å²) >= 11 is 13.9. The molecule has 1 atom stereocenters. The molecular weight excluding hydrogens is 663 g/mol. The lowest BCUT2D eigenvalue weighted by molar-refractivity contribution is -0.143. The largest absolute Gasteiger partial charge is 0.490 e. The van der Waals surface area contributed by atoms with Crippen molar-refractivity contribution in [2.75, 3.05) is 40.6 Å². The Hall–Kier alpha value is -4.33. The number of esters is 3. The first kappa shape index (κ1) is 34.5. The predicted octanol–water partition coefficient (Wildman–Crippen LogP) is 3.61. The number of thiazole rings is 1. The van der Waals surface area contributed by atoms with Crippen molar-refractivity contribution < 1.29 is 42.8 Å². The molecular formula is C31H30Cl2N2O10S. The van der Waals surface area contributed by atoms with E-state index >= 15 is 0 Å². The first-order valence-electron chi connectivity index (χ1n) is 13.9. The zero-order chi connectivity index (χ0) is 33.5. The topological polar surface area (TPSA) is 141 Å². The zero-order valence-corrected chi connectivity index (χ0v) is 27.8. The van der Waals surface area contributed by atoms with Crippen LogP contribution in [0.15, 0.2) is 51.4 Å². The van der Waals surface area contributed by atoms with E-state index in [1.165, 1.54) is 30.9 Å². The standard InChI is InChI=1S/C31H30Cl2N2O10S/c1-6-42-22-13-18(8-9-21(22)44-14-24(36)40-4)27-26(30(39)43-7-2)16(3)34-31-35(27)29(38)23(46-31)12-17-10-19(32)28(20(33)11-17)45-15-25(37)41-5/h8-13,27H,6-7,14-15H2,1-5H3/b23-12-/t27-/m0/s1. The number of benzene rings is 2. The Labute approximate surface area is 277 Å². The van der Waals surface area contributed by atoms with Gasteiger partial charge in [-0.25, -0.2) is 19.4 Å². The molecule has 1 aliphatic heterocycles. The van der Waals surface area contributed by atoms with Crippen molar-refractivity contribution in [2.24, 2.45) is 4.99 Å². The highest BCUT2D eigenvalue weighted by Gasteiger charge is 2.34. The molecule has 0 unspecified atom stereocenters. The molecule has 1 aliphatic rings. The third-order valence-corrected chi connectivity index (χ3v) is 8.10. The maximum Gasteiger partial charge on any atom is 0.343 e. The van der Waals surface area contributed by atoms with Crippen LogP contribution in [0.2, 0.25) is 10.0 Å². The number of hydrogen-bond donors (Lipinski definition) is 0. The first-order valence-corrected chi connectivity index (χ1v) is 15.4. The Balaban J connectivity index is 1.85. The van der Waals surface area contributed by atoms with E-state index in [2.05, 4.69) is 14.5 Å². The van der Waals surface area contributed by atoms with Crippen LogP contribution in [0, 0.1) is 0 Å². The minimum Gasteiger partial charge on any atom is -0.490 e. The summed E-state index contributed by atoms with van der Waals surface area (Å²) in [6.07, 6.45) is 1.58. The van der Waals surface area contributed by atoms with Crippen LogP contribution in [0.3, 0.4) is 0 Å². The average molecular weight is 694 g/mol. The molecule has 1 aromatic heterocycles. The third-order valence-electron chi connectivity index (χ3n) is 6.55. The Morgan fingerprint density at radius 3 is 2.20 bits per heavy atom. The lowest BCUT2D eigenvalue weighted by atomic mass is 9.95. The Morgan fingerprint density at radius 1 is 0.935 bits per heavy atom. The summed E-state index contributed by atoms with van der Waals surface area (Å²) in [7, 11) is 2.48. The second kappa shape index (κ2) is 15.3. The van der Waals surface area contributed by atoms with Crippen molar-refractivity contribution >= 4 is 58.5 Å². The monoisotopic (exact) mass is 692 g/mol. The summed E-state index contributed by atoms with van der Waals surface area (Å²) in [6, 6.07) is 7.03. The van der Waals surface area contributed by atoms with Crippen LogP contribution in [0.1, 0.15) is 37.9 Å². The number of aromatic nitrogens is 1. The number of allylic oxidation sites excluding steroid dienone is 1. The van der Waals surface area contributed by atoms with E-state index in [-0.39, 0.29) is 58.1 Å². The number of fused-ring (bicyclic) bond motifs is 1. The number of methoxy groups -OCH3 is 2. The van der Waals surface area contributed by atoms with Gasteiger partial charge in [-0.1, -0.05) is 40.6 Å². The molecule has 0 aliphatic carbocycles. The van der Waals surface area contributed by atoms with Crippen LogP contribution in [0.5, 0.6) is 17.2 Å². The SMILES string of the molecule is CCOC(=O)C1=C(C)N=c2s/c(=C\c3cc(Cl)c(OCC(=O)OC)c(Cl)c3)c(=O)n2[C@H]1c1ccc(OCC(=O)OC)c(OCC)c1. The molecule has 4 rings (SSSR count). The molecule has 0 radical (unpaired) electrons. The summed E-state index contributed by atoms with van der Waals surface area (Å²) in [5, 5.41) is 0.235. The van der Waals surface area contributed by atoms with Crippen molar-refractivity contribution in [3.8, 4) is 17.2 Å². The van der Waals surface area contributed by atoms with Gasteiger partial charge in [0.25, 0.3) is 5.56 Å². The fourth-order valence-electron chi connectivity index (χ4n) is 4.53. The summed E-state index contributed by atoms with van der Waals surface area (Å²) in [5.41, 5.74) is 1.10. The van der Waals surface area contributed by atoms with Gasteiger partial charge in [-0.2, -0.15) is 0 Å². The average Bonchev–Trinajstić information content (AvgIpc) is 3.32. The molecule has 0 amide bonds. The minimum atomic E-state index is -0.937. The van der Waals surface area contributed by atoms with E-state index in [4.69, 9.17) is 42.1 Å². The molecule has 2 heterocycles. The fourth-order valence-corrected chi connectivity index (χ4v) is 6.19. The third kappa shape index (κ3) is 7.54. The van der Waals surface area contributed by atoms with Gasteiger partial charge in [0.15, 0.2) is 35.3 Å². The minimum absolute atomic E-state index is 0.0890. The van der Waals surface area contributed by atoms with Crippen molar-refractivity contribution in [2.45, 2.75) is 26.8 Å². The Morgan fingerprint density at radius 2 is 1.59 bits per heavy atom. The van der Waals surface area contributed by atoms with E-state index in [0.29, 0.717) is 27.4 Å². The maximum absolute atomic E-state index is 14.0. The van der Waals surface area contributed by atoms with Crippen LogP contribution < -0.4 is 29.1 Å². The molecule has 0 saturated carbocycles. The van der Waals surface area contributed by atoms with Crippen molar-refractivity contribution in [1.29, 1.82) is 0 Å². The van der Waals surface area contributed by atoms with Gasteiger partial charge in [0.1, 0.15) is 0 Å². The summed E-state index contributed by atoms with van der Waals surface area (Å²) in [4.78, 5) is 55.4. The summed E-state index contributed by atoms with van der Waals surface area (Å²) in [6.45, 7) is 4.78. The van der Waals surface area contributed by atoms with E-state index in [9.17, 15) is 19.2 Å². The highest BCUT2D eigenvalue weighted by Crippen LogP contribution is 2.37. The molecule has 244 valence electrons. The molecule has 0 spiro atoms. The highest BCUT2D eigenvalue weighted by molar-refractivity contribution is 7.07. The van der Waals surface area contributed by atoms with Gasteiger partial charge in [-0.3, -0.25) is 9.36 Å². The molecule has 12 nitrogen and oxygen atoms in total. The van der Waals surface area contributed by atoms with E-state index in [1.807, 2.05) is 0 Å². The number of carbonyl (C=O) groups excluding carboxylic acids is 3. The second-order valence-electron chi connectivity index (χ2n) is 9.48. The van der Waals surface area contributed by atoms with Gasteiger partial charge in [-0.15, -0.1) is 0 Å². The first-order chi connectivity index (χ1) is 22.0. The summed E-state index contributed by atoms with van der Waals surface area (Å²) < 4.78 is 33.1. The number of nitrogens with zero attached hydrogens (tertiary/aromatic N) is 2. The van der Waals surface area contributed by atoms with Crippen LogP contribution in [-0.2, 0) is 28.6 Å². The Kier molecular flexibility index (Phi) is 11.5. The van der Waals surface area contributed by atoms with Crippen LogP contribution in [0.25, 0.3) is 6.08 Å². The lowest BCUT2D eigenvalue weighted by Gasteiger charge is -2.25. The van der Waals surface area contributed by atoms with Crippen LogP contribution in [-0.4, -0.2) is 63.1 Å². The molecule has 0 fully saturated rings. The van der Waals surface area contributed by atoms with E-state index in [0.717, 1.165) is 11.3 Å². The van der Waals surface area contributed by atoms with Gasteiger partial charge in [0, 0.05) is 0 Å². The van der Waals surface area contributed by atoms with Gasteiger partial charge in [-0.05, 0) is 62.2 Å².